The number of hydrogen-bond acceptors (Lipinski definition) is 5. The van der Waals surface area contributed by atoms with Crippen LogP contribution in [0, 0.1) is 26.6 Å². The van der Waals surface area contributed by atoms with E-state index in [0.717, 1.165) is 41.2 Å². The highest BCUT2D eigenvalue weighted by atomic mass is 19.1. The average Bonchev–Trinajstić information content (AvgIpc) is 3.43. The molecule has 0 fully saturated rings. The van der Waals surface area contributed by atoms with Crippen molar-refractivity contribution in [3.05, 3.63) is 92.1 Å². The molecule has 0 saturated carbocycles. The van der Waals surface area contributed by atoms with E-state index >= 15 is 0 Å². The zero-order valence-electron chi connectivity index (χ0n) is 20.6. The van der Waals surface area contributed by atoms with Crippen LogP contribution in [0.2, 0.25) is 0 Å². The Bertz CT molecular complexity index is 1670. The molecule has 3 aromatic carbocycles. The number of carboxylic acids is 1. The highest BCUT2D eigenvalue weighted by Gasteiger charge is 2.24. The highest BCUT2D eigenvalue weighted by molar-refractivity contribution is 5.91. The molecular formula is C28H25FN4O4. The summed E-state index contributed by atoms with van der Waals surface area (Å²) < 4.78 is 15.4. The normalized spacial score (nSPS) is 12.9. The quantitative estimate of drug-likeness (QED) is 0.282. The molecule has 1 heterocycles. The van der Waals surface area contributed by atoms with E-state index in [4.69, 9.17) is 0 Å². The Morgan fingerprint density at radius 1 is 1.03 bits per heavy atom. The van der Waals surface area contributed by atoms with Crippen LogP contribution in [-0.2, 0) is 12.8 Å². The number of aromatic carboxylic acids is 1. The number of carboxylic acid groups (broad SMARTS) is 1. The average molecular weight is 501 g/mol. The first-order valence-electron chi connectivity index (χ1n) is 11.9. The first-order valence-corrected chi connectivity index (χ1v) is 11.9. The smallest absolute Gasteiger partial charge is 0.338 e. The zero-order chi connectivity index (χ0) is 26.4. The van der Waals surface area contributed by atoms with Crippen molar-refractivity contribution in [3.63, 3.8) is 0 Å². The Morgan fingerprint density at radius 3 is 2.54 bits per heavy atom. The lowest BCUT2D eigenvalue weighted by Crippen LogP contribution is -2.14. The fraction of sp³-hybridized carbons (Fsp3) is 0.214. The monoisotopic (exact) mass is 500 g/mol. The number of fused-ring (bicyclic) bond motifs is 1. The minimum Gasteiger partial charge on any atom is -0.505 e. The molecule has 9 heteroatoms. The van der Waals surface area contributed by atoms with Gasteiger partial charge >= 0.3 is 5.97 Å². The van der Waals surface area contributed by atoms with E-state index in [0.29, 0.717) is 28.9 Å². The molecule has 0 aliphatic heterocycles. The molecular weight excluding hydrogens is 475 g/mol. The van der Waals surface area contributed by atoms with E-state index in [9.17, 15) is 24.2 Å². The van der Waals surface area contributed by atoms with Gasteiger partial charge in [-0.25, -0.2) is 13.9 Å². The molecule has 4 aromatic rings. The Hall–Kier alpha value is -4.53. The van der Waals surface area contributed by atoms with E-state index < -0.39 is 17.3 Å². The number of phenolic OH excluding ortho intramolecular Hbond substituents is 1. The fourth-order valence-electron chi connectivity index (χ4n) is 4.75. The third kappa shape index (κ3) is 4.22. The van der Waals surface area contributed by atoms with Crippen molar-refractivity contribution >= 4 is 17.3 Å². The van der Waals surface area contributed by atoms with E-state index in [1.807, 2.05) is 32.0 Å². The maximum atomic E-state index is 14.0. The molecule has 1 aliphatic carbocycles. The van der Waals surface area contributed by atoms with Gasteiger partial charge in [0.05, 0.1) is 16.9 Å². The summed E-state index contributed by atoms with van der Waals surface area (Å²) >= 11 is 0. The van der Waals surface area contributed by atoms with Crippen molar-refractivity contribution in [3.8, 4) is 22.6 Å². The van der Waals surface area contributed by atoms with Crippen LogP contribution in [0.4, 0.5) is 15.8 Å². The minimum atomic E-state index is -1.39. The SMILES string of the molecule is Cc1ccc(-n2[nH]c(C)c(N=Nc3cc4c(c(-c5ccc(F)c(C(=O)O)c5)c3O)CCC4)c2=O)cc1C. The van der Waals surface area contributed by atoms with Gasteiger partial charge in [0.2, 0.25) is 0 Å². The van der Waals surface area contributed by atoms with Crippen LogP contribution in [0.25, 0.3) is 16.8 Å². The number of aromatic hydroxyl groups is 1. The van der Waals surface area contributed by atoms with Crippen molar-refractivity contribution in [1.29, 1.82) is 0 Å². The van der Waals surface area contributed by atoms with Gasteiger partial charge in [-0.3, -0.25) is 9.89 Å². The Labute approximate surface area is 211 Å². The second-order valence-electron chi connectivity index (χ2n) is 9.30. The third-order valence-corrected chi connectivity index (χ3v) is 6.88. The summed E-state index contributed by atoms with van der Waals surface area (Å²) in [4.78, 5) is 24.6. The molecule has 0 unspecified atom stereocenters. The number of azo groups is 1. The number of nitrogens with one attached hydrogen (secondary N) is 1. The molecule has 0 saturated heterocycles. The summed E-state index contributed by atoms with van der Waals surface area (Å²) in [7, 11) is 0. The van der Waals surface area contributed by atoms with Gasteiger partial charge in [0.15, 0.2) is 11.4 Å². The lowest BCUT2D eigenvalue weighted by Gasteiger charge is -2.14. The number of nitrogens with zero attached hydrogens (tertiary/aromatic N) is 3. The van der Waals surface area contributed by atoms with Crippen LogP contribution in [0.15, 0.2) is 57.5 Å². The molecule has 1 aliphatic rings. The largest absolute Gasteiger partial charge is 0.505 e. The Balaban J connectivity index is 1.60. The van der Waals surface area contributed by atoms with Gasteiger partial charge in [-0.05, 0) is 98.2 Å². The number of H-pyrrole nitrogens is 1. The van der Waals surface area contributed by atoms with Crippen molar-refractivity contribution in [2.75, 3.05) is 0 Å². The number of hydrogen-bond donors (Lipinski definition) is 3. The highest BCUT2D eigenvalue weighted by Crippen LogP contribution is 2.45. The van der Waals surface area contributed by atoms with Gasteiger partial charge in [-0.2, -0.15) is 0 Å². The predicted molar refractivity (Wildman–Crippen MR) is 137 cm³/mol. The standard InChI is InChI=1S/C28H25FN4O4/c1-14-7-9-19(11-15(14)2)33-27(35)25(16(3)32-33)31-30-23-13-17-5-4-6-20(17)24(26(23)34)18-8-10-22(29)21(12-18)28(36)37/h7-13,32,34H,4-6H2,1-3H3,(H,36,37). The van der Waals surface area contributed by atoms with E-state index in [1.165, 1.54) is 16.8 Å². The van der Waals surface area contributed by atoms with Crippen LogP contribution in [0.1, 0.15) is 44.7 Å². The number of carbonyl (C=O) groups is 1. The first-order chi connectivity index (χ1) is 17.7. The lowest BCUT2D eigenvalue weighted by atomic mass is 9.93. The molecule has 3 N–H and O–H groups in total. The van der Waals surface area contributed by atoms with Crippen LogP contribution in [0.5, 0.6) is 5.75 Å². The second kappa shape index (κ2) is 9.16. The van der Waals surface area contributed by atoms with E-state index in [1.54, 1.807) is 13.0 Å². The Morgan fingerprint density at radius 2 is 1.81 bits per heavy atom. The molecule has 37 heavy (non-hydrogen) atoms. The number of aromatic amines is 1. The van der Waals surface area contributed by atoms with Crippen LogP contribution < -0.4 is 5.56 Å². The third-order valence-electron chi connectivity index (χ3n) is 6.88. The van der Waals surface area contributed by atoms with Gasteiger partial charge in [0.1, 0.15) is 11.5 Å². The molecule has 0 bridgehead atoms. The molecule has 0 atom stereocenters. The summed E-state index contributed by atoms with van der Waals surface area (Å²) in [6, 6.07) is 11.1. The number of benzene rings is 3. The maximum absolute atomic E-state index is 14.0. The van der Waals surface area contributed by atoms with Gasteiger partial charge in [0.25, 0.3) is 5.56 Å². The minimum absolute atomic E-state index is 0.106. The van der Waals surface area contributed by atoms with Gasteiger partial charge < -0.3 is 10.2 Å². The Kier molecular flexibility index (Phi) is 5.99. The van der Waals surface area contributed by atoms with Crippen molar-refractivity contribution in [2.45, 2.75) is 40.0 Å². The summed E-state index contributed by atoms with van der Waals surface area (Å²) in [5, 5.41) is 32.0. The fourth-order valence-corrected chi connectivity index (χ4v) is 4.75. The molecule has 188 valence electrons. The topological polar surface area (TPSA) is 120 Å². The summed E-state index contributed by atoms with van der Waals surface area (Å²) in [5.41, 5.74) is 5.33. The van der Waals surface area contributed by atoms with Crippen LogP contribution in [-0.4, -0.2) is 26.0 Å². The predicted octanol–water partition coefficient (Wildman–Crippen LogP) is 6.20. The number of aromatic nitrogens is 2. The number of rotatable bonds is 5. The van der Waals surface area contributed by atoms with Crippen molar-refractivity contribution in [2.24, 2.45) is 10.2 Å². The van der Waals surface area contributed by atoms with E-state index in [2.05, 4.69) is 15.3 Å². The number of phenols is 1. The van der Waals surface area contributed by atoms with Gasteiger partial charge in [-0.15, -0.1) is 10.2 Å². The van der Waals surface area contributed by atoms with Gasteiger partial charge in [-0.1, -0.05) is 12.1 Å². The van der Waals surface area contributed by atoms with Crippen molar-refractivity contribution < 1.29 is 19.4 Å². The lowest BCUT2D eigenvalue weighted by molar-refractivity contribution is 0.0692. The molecule has 0 spiro atoms. The van der Waals surface area contributed by atoms with Gasteiger partial charge in [0, 0.05) is 5.56 Å². The van der Waals surface area contributed by atoms with Crippen LogP contribution in [0.3, 0.4) is 0 Å². The van der Waals surface area contributed by atoms with E-state index in [-0.39, 0.29) is 22.7 Å². The summed E-state index contributed by atoms with van der Waals surface area (Å²) in [6.07, 6.45) is 2.29. The molecule has 8 nitrogen and oxygen atoms in total. The summed E-state index contributed by atoms with van der Waals surface area (Å²) in [5.74, 6) is -2.45. The molecule has 0 radical (unpaired) electrons. The van der Waals surface area contributed by atoms with Crippen LogP contribution >= 0.6 is 0 Å². The number of halogens is 1. The first kappa shape index (κ1) is 24.2. The molecule has 1 aromatic heterocycles. The molecule has 5 rings (SSSR count). The second-order valence-corrected chi connectivity index (χ2v) is 9.30. The maximum Gasteiger partial charge on any atom is 0.338 e. The van der Waals surface area contributed by atoms with Crippen molar-refractivity contribution in [1.82, 2.24) is 9.78 Å². The summed E-state index contributed by atoms with van der Waals surface area (Å²) in [6.45, 7) is 5.68. The zero-order valence-corrected chi connectivity index (χ0v) is 20.6. The number of aryl methyl sites for hydroxylation is 4. The molecule has 0 amide bonds.